The number of benzene rings is 1. The van der Waals surface area contributed by atoms with Gasteiger partial charge in [0, 0.05) is 11.6 Å². The van der Waals surface area contributed by atoms with Gasteiger partial charge in [0.1, 0.15) is 0 Å². The molecule has 0 saturated carbocycles. The van der Waals surface area contributed by atoms with Gasteiger partial charge in [-0.25, -0.2) is 0 Å². The molecule has 5 heteroatoms. The zero-order chi connectivity index (χ0) is 13.0. The summed E-state index contributed by atoms with van der Waals surface area (Å²) in [6.45, 7) is 0.568. The number of nitrogens with one attached hydrogen (secondary N) is 1. The van der Waals surface area contributed by atoms with Gasteiger partial charge in [-0.05, 0) is 46.1 Å². The molecule has 1 N–H and O–H groups in total. The Kier molecular flexibility index (Phi) is 4.44. The van der Waals surface area contributed by atoms with Crippen molar-refractivity contribution >= 4 is 33.4 Å². The number of carbonyl (C=O) groups is 1. The predicted molar refractivity (Wildman–Crippen MR) is 73.9 cm³/mol. The molecule has 0 atom stereocenters. The average molecular weight is 329 g/mol. The third-order valence-corrected chi connectivity index (χ3v) is 3.34. The third-order valence-electron chi connectivity index (χ3n) is 2.48. The molecule has 1 amide bonds. The van der Waals surface area contributed by atoms with Crippen LogP contribution >= 0.6 is 27.5 Å². The van der Waals surface area contributed by atoms with Crippen molar-refractivity contribution in [3.8, 4) is 0 Å². The van der Waals surface area contributed by atoms with Crippen LogP contribution in [-0.4, -0.2) is 12.5 Å². The van der Waals surface area contributed by atoms with E-state index in [1.807, 2.05) is 24.3 Å². The summed E-state index contributed by atoms with van der Waals surface area (Å²) in [7, 11) is 0. The van der Waals surface area contributed by atoms with Gasteiger partial charge in [-0.3, -0.25) is 4.79 Å². The number of rotatable bonds is 4. The molecule has 2 aromatic rings. The summed E-state index contributed by atoms with van der Waals surface area (Å²) in [6.07, 6.45) is 2.23. The van der Waals surface area contributed by atoms with Crippen molar-refractivity contribution in [2.45, 2.75) is 6.42 Å². The van der Waals surface area contributed by atoms with Crippen LogP contribution in [0.3, 0.4) is 0 Å². The molecule has 1 heterocycles. The Morgan fingerprint density at radius 2 is 2.00 bits per heavy atom. The lowest BCUT2D eigenvalue weighted by Gasteiger charge is -2.04. The number of hydrogen-bond acceptors (Lipinski definition) is 2. The van der Waals surface area contributed by atoms with Gasteiger partial charge < -0.3 is 9.73 Å². The fourth-order valence-electron chi connectivity index (χ4n) is 1.52. The summed E-state index contributed by atoms with van der Waals surface area (Å²) in [4.78, 5) is 11.7. The summed E-state index contributed by atoms with van der Waals surface area (Å²) < 4.78 is 5.46. The standard InChI is InChI=1S/C13H11BrClNO2/c14-12-11(6-8-18-12)13(17)16-7-5-9-1-3-10(15)4-2-9/h1-4,6,8H,5,7H2,(H,16,17). The van der Waals surface area contributed by atoms with Crippen molar-refractivity contribution in [3.63, 3.8) is 0 Å². The first-order chi connectivity index (χ1) is 8.66. The Balaban J connectivity index is 1.84. The highest BCUT2D eigenvalue weighted by Crippen LogP contribution is 2.17. The van der Waals surface area contributed by atoms with E-state index in [9.17, 15) is 4.79 Å². The first kappa shape index (κ1) is 13.2. The molecule has 0 spiro atoms. The average Bonchev–Trinajstić information content (AvgIpc) is 2.78. The normalized spacial score (nSPS) is 10.3. The lowest BCUT2D eigenvalue weighted by Crippen LogP contribution is -2.25. The number of furan rings is 1. The molecule has 0 bridgehead atoms. The Morgan fingerprint density at radius 3 is 2.61 bits per heavy atom. The minimum Gasteiger partial charge on any atom is -0.457 e. The molecule has 0 aliphatic carbocycles. The van der Waals surface area contributed by atoms with Crippen LogP contribution in [0.15, 0.2) is 45.7 Å². The highest BCUT2D eigenvalue weighted by atomic mass is 79.9. The fraction of sp³-hybridized carbons (Fsp3) is 0.154. The maximum absolute atomic E-state index is 11.7. The topological polar surface area (TPSA) is 42.2 Å². The Morgan fingerprint density at radius 1 is 1.28 bits per heavy atom. The largest absolute Gasteiger partial charge is 0.457 e. The Labute approximate surface area is 118 Å². The van der Waals surface area contributed by atoms with Gasteiger partial charge in [-0.15, -0.1) is 0 Å². The number of carbonyl (C=O) groups excluding carboxylic acids is 1. The molecule has 1 aromatic heterocycles. The monoisotopic (exact) mass is 327 g/mol. The Bertz CT molecular complexity index is 536. The van der Waals surface area contributed by atoms with Crippen LogP contribution < -0.4 is 5.32 Å². The van der Waals surface area contributed by atoms with Crippen molar-refractivity contribution in [3.05, 3.63) is 57.4 Å². The van der Waals surface area contributed by atoms with E-state index in [4.69, 9.17) is 16.0 Å². The summed E-state index contributed by atoms with van der Waals surface area (Å²) in [5.41, 5.74) is 1.64. The molecule has 1 aromatic carbocycles. The summed E-state index contributed by atoms with van der Waals surface area (Å²) in [5.74, 6) is -0.149. The van der Waals surface area contributed by atoms with Gasteiger partial charge in [0.15, 0.2) is 4.67 Å². The van der Waals surface area contributed by atoms with Crippen LogP contribution in [-0.2, 0) is 6.42 Å². The van der Waals surface area contributed by atoms with Crippen LogP contribution in [0.1, 0.15) is 15.9 Å². The lowest BCUT2D eigenvalue weighted by atomic mass is 10.1. The van der Waals surface area contributed by atoms with Crippen LogP contribution in [0.25, 0.3) is 0 Å². The summed E-state index contributed by atoms with van der Waals surface area (Å²) in [5, 5.41) is 3.54. The van der Waals surface area contributed by atoms with E-state index in [1.54, 1.807) is 6.07 Å². The van der Waals surface area contributed by atoms with Crippen molar-refractivity contribution in [1.82, 2.24) is 5.32 Å². The lowest BCUT2D eigenvalue weighted by molar-refractivity contribution is 0.0952. The maximum atomic E-state index is 11.7. The van der Waals surface area contributed by atoms with Crippen LogP contribution in [0.2, 0.25) is 5.02 Å². The van der Waals surface area contributed by atoms with Crippen molar-refractivity contribution in [1.29, 1.82) is 0 Å². The molecular formula is C13H11BrClNO2. The minimum atomic E-state index is -0.149. The van der Waals surface area contributed by atoms with Crippen LogP contribution in [0.5, 0.6) is 0 Å². The molecule has 94 valence electrons. The molecule has 3 nitrogen and oxygen atoms in total. The molecule has 0 aliphatic heterocycles. The van der Waals surface area contributed by atoms with E-state index in [2.05, 4.69) is 21.2 Å². The van der Waals surface area contributed by atoms with E-state index in [0.29, 0.717) is 21.8 Å². The van der Waals surface area contributed by atoms with Gasteiger partial charge in [-0.1, -0.05) is 23.7 Å². The van der Waals surface area contributed by atoms with Gasteiger partial charge >= 0.3 is 0 Å². The quantitative estimate of drug-likeness (QED) is 0.930. The van der Waals surface area contributed by atoms with E-state index in [0.717, 1.165) is 12.0 Å². The van der Waals surface area contributed by atoms with E-state index >= 15 is 0 Å². The SMILES string of the molecule is O=C(NCCc1ccc(Cl)cc1)c1ccoc1Br. The number of hydrogen-bond donors (Lipinski definition) is 1. The second kappa shape index (κ2) is 6.07. The van der Waals surface area contributed by atoms with Crippen LogP contribution in [0, 0.1) is 0 Å². The van der Waals surface area contributed by atoms with Crippen LogP contribution in [0.4, 0.5) is 0 Å². The zero-order valence-electron chi connectivity index (χ0n) is 9.45. The summed E-state index contributed by atoms with van der Waals surface area (Å²) >= 11 is 8.97. The van der Waals surface area contributed by atoms with Crippen molar-refractivity contribution in [2.24, 2.45) is 0 Å². The maximum Gasteiger partial charge on any atom is 0.255 e. The number of halogens is 2. The van der Waals surface area contributed by atoms with E-state index in [-0.39, 0.29) is 5.91 Å². The summed E-state index contributed by atoms with van der Waals surface area (Å²) in [6, 6.07) is 9.20. The van der Waals surface area contributed by atoms with Gasteiger partial charge in [0.2, 0.25) is 0 Å². The molecule has 2 rings (SSSR count). The second-order valence-corrected chi connectivity index (χ2v) is 4.90. The van der Waals surface area contributed by atoms with Crippen molar-refractivity contribution in [2.75, 3.05) is 6.54 Å². The zero-order valence-corrected chi connectivity index (χ0v) is 11.8. The molecule has 0 fully saturated rings. The van der Waals surface area contributed by atoms with Crippen molar-refractivity contribution < 1.29 is 9.21 Å². The predicted octanol–water partition coefficient (Wildman–Crippen LogP) is 3.67. The molecule has 0 aliphatic rings. The highest BCUT2D eigenvalue weighted by molar-refractivity contribution is 9.10. The first-order valence-electron chi connectivity index (χ1n) is 5.42. The molecule has 0 saturated heterocycles. The molecule has 0 unspecified atom stereocenters. The van der Waals surface area contributed by atoms with E-state index in [1.165, 1.54) is 6.26 Å². The molecular weight excluding hydrogens is 318 g/mol. The smallest absolute Gasteiger partial charge is 0.255 e. The minimum absolute atomic E-state index is 0.149. The first-order valence-corrected chi connectivity index (χ1v) is 6.59. The van der Waals surface area contributed by atoms with Gasteiger partial charge in [0.05, 0.1) is 11.8 Å². The molecule has 18 heavy (non-hydrogen) atoms. The van der Waals surface area contributed by atoms with E-state index < -0.39 is 0 Å². The second-order valence-electron chi connectivity index (χ2n) is 3.74. The highest BCUT2D eigenvalue weighted by Gasteiger charge is 2.11. The Hall–Kier alpha value is -1.26. The molecule has 0 radical (unpaired) electrons. The fourth-order valence-corrected chi connectivity index (χ4v) is 2.07. The van der Waals surface area contributed by atoms with Gasteiger partial charge in [-0.2, -0.15) is 0 Å². The third kappa shape index (κ3) is 3.37. The van der Waals surface area contributed by atoms with Gasteiger partial charge in [0.25, 0.3) is 5.91 Å². The number of amides is 1.